The Balaban J connectivity index is 1.87. The molecule has 0 atom stereocenters. The van der Waals surface area contributed by atoms with Crippen molar-refractivity contribution in [3.8, 4) is 0 Å². The zero-order valence-corrected chi connectivity index (χ0v) is 9.75. The van der Waals surface area contributed by atoms with E-state index in [0.29, 0.717) is 6.54 Å². The quantitative estimate of drug-likeness (QED) is 0.820. The van der Waals surface area contributed by atoms with Crippen LogP contribution >= 0.6 is 0 Å². The number of H-pyrrole nitrogens is 1. The van der Waals surface area contributed by atoms with E-state index in [-0.39, 0.29) is 11.3 Å². The third-order valence-electron chi connectivity index (χ3n) is 3.51. The molecular weight excluding hydrogens is 202 g/mol. The molecule has 2 rings (SSSR count). The Morgan fingerprint density at radius 2 is 2.25 bits per heavy atom. The molecule has 0 radical (unpaired) electrons. The van der Waals surface area contributed by atoms with Gasteiger partial charge in [-0.2, -0.15) is 5.10 Å². The van der Waals surface area contributed by atoms with Gasteiger partial charge in [-0.3, -0.25) is 9.89 Å². The van der Waals surface area contributed by atoms with Gasteiger partial charge in [0.2, 0.25) is 5.91 Å². The summed E-state index contributed by atoms with van der Waals surface area (Å²) < 4.78 is 0. The molecule has 1 fully saturated rings. The molecule has 1 saturated carbocycles. The molecule has 1 amide bonds. The number of hydrogen-bond donors (Lipinski definition) is 2. The van der Waals surface area contributed by atoms with Crippen molar-refractivity contribution in [1.82, 2.24) is 15.5 Å². The van der Waals surface area contributed by atoms with Gasteiger partial charge in [0.25, 0.3) is 0 Å². The lowest BCUT2D eigenvalue weighted by atomic mass is 9.75. The molecule has 1 aromatic rings. The van der Waals surface area contributed by atoms with Crippen LogP contribution < -0.4 is 5.32 Å². The van der Waals surface area contributed by atoms with Crippen LogP contribution in [0.15, 0.2) is 12.4 Å². The van der Waals surface area contributed by atoms with Crippen LogP contribution in [0.25, 0.3) is 0 Å². The average molecular weight is 221 g/mol. The molecule has 0 saturated heterocycles. The van der Waals surface area contributed by atoms with Gasteiger partial charge in [-0.25, -0.2) is 0 Å². The third-order valence-corrected chi connectivity index (χ3v) is 3.51. The molecule has 88 valence electrons. The van der Waals surface area contributed by atoms with Crippen molar-refractivity contribution in [2.24, 2.45) is 5.41 Å². The maximum atomic E-state index is 12.1. The highest BCUT2D eigenvalue weighted by molar-refractivity contribution is 5.82. The van der Waals surface area contributed by atoms with E-state index < -0.39 is 0 Å². The standard InChI is InChI=1S/C12H19N3O/c1-12(5-3-2-4-6-12)11(16)13-7-10-8-14-15-9-10/h8-9H,2-7H2,1H3,(H,13,16)(H,14,15). The number of nitrogens with zero attached hydrogens (tertiary/aromatic N) is 1. The number of hydrogen-bond acceptors (Lipinski definition) is 2. The predicted octanol–water partition coefficient (Wildman–Crippen LogP) is 2.00. The number of nitrogens with one attached hydrogen (secondary N) is 2. The molecule has 0 spiro atoms. The Morgan fingerprint density at radius 3 is 2.88 bits per heavy atom. The van der Waals surface area contributed by atoms with E-state index in [4.69, 9.17) is 0 Å². The lowest BCUT2D eigenvalue weighted by molar-refractivity contribution is -0.132. The Bertz CT molecular complexity index is 339. The second-order valence-electron chi connectivity index (χ2n) is 4.91. The number of carbonyl (C=O) groups is 1. The van der Waals surface area contributed by atoms with E-state index in [1.807, 2.05) is 6.20 Å². The Labute approximate surface area is 95.8 Å². The van der Waals surface area contributed by atoms with Gasteiger partial charge in [-0.05, 0) is 12.8 Å². The monoisotopic (exact) mass is 221 g/mol. The number of aromatic nitrogens is 2. The first-order chi connectivity index (χ1) is 7.71. The Hall–Kier alpha value is -1.32. The van der Waals surface area contributed by atoms with Gasteiger partial charge in [0, 0.05) is 23.7 Å². The molecule has 4 nitrogen and oxygen atoms in total. The highest BCUT2D eigenvalue weighted by Gasteiger charge is 2.34. The lowest BCUT2D eigenvalue weighted by Crippen LogP contribution is -2.39. The van der Waals surface area contributed by atoms with Crippen LogP contribution in [0.2, 0.25) is 0 Å². The van der Waals surface area contributed by atoms with E-state index >= 15 is 0 Å². The van der Waals surface area contributed by atoms with Crippen molar-refractivity contribution in [1.29, 1.82) is 0 Å². The summed E-state index contributed by atoms with van der Waals surface area (Å²) in [5.41, 5.74) is 0.870. The summed E-state index contributed by atoms with van der Waals surface area (Å²) in [5.74, 6) is 0.188. The van der Waals surface area contributed by atoms with Crippen LogP contribution in [-0.4, -0.2) is 16.1 Å². The van der Waals surface area contributed by atoms with E-state index in [1.165, 1.54) is 19.3 Å². The molecule has 1 aliphatic rings. The van der Waals surface area contributed by atoms with E-state index in [1.54, 1.807) is 6.20 Å². The number of rotatable bonds is 3. The second kappa shape index (κ2) is 4.68. The summed E-state index contributed by atoms with van der Waals surface area (Å²) in [4.78, 5) is 12.1. The molecule has 1 aromatic heterocycles. The Kier molecular flexibility index (Phi) is 3.27. The largest absolute Gasteiger partial charge is 0.351 e. The number of aromatic amines is 1. The zero-order chi connectivity index (χ0) is 11.4. The topological polar surface area (TPSA) is 57.8 Å². The van der Waals surface area contributed by atoms with Crippen molar-refractivity contribution < 1.29 is 4.79 Å². The molecule has 0 aromatic carbocycles. The molecule has 0 bridgehead atoms. The molecule has 4 heteroatoms. The van der Waals surface area contributed by atoms with Gasteiger partial charge >= 0.3 is 0 Å². The molecule has 1 aliphatic carbocycles. The van der Waals surface area contributed by atoms with Crippen molar-refractivity contribution in [3.05, 3.63) is 18.0 Å². The summed E-state index contributed by atoms with van der Waals surface area (Å²) in [6, 6.07) is 0. The lowest BCUT2D eigenvalue weighted by Gasteiger charge is -2.31. The van der Waals surface area contributed by atoms with Crippen LogP contribution in [0.1, 0.15) is 44.6 Å². The zero-order valence-electron chi connectivity index (χ0n) is 9.75. The number of amides is 1. The first-order valence-corrected chi connectivity index (χ1v) is 5.97. The van der Waals surface area contributed by atoms with Crippen LogP contribution in [0.5, 0.6) is 0 Å². The van der Waals surface area contributed by atoms with Crippen LogP contribution in [0, 0.1) is 5.41 Å². The van der Waals surface area contributed by atoms with E-state index in [0.717, 1.165) is 18.4 Å². The summed E-state index contributed by atoms with van der Waals surface area (Å²) in [7, 11) is 0. The summed E-state index contributed by atoms with van der Waals surface area (Å²) in [5, 5.41) is 9.59. The molecule has 16 heavy (non-hydrogen) atoms. The van der Waals surface area contributed by atoms with Gasteiger partial charge in [-0.1, -0.05) is 26.2 Å². The summed E-state index contributed by atoms with van der Waals surface area (Å²) >= 11 is 0. The molecule has 1 heterocycles. The van der Waals surface area contributed by atoms with Crippen LogP contribution in [0.4, 0.5) is 0 Å². The maximum absolute atomic E-state index is 12.1. The highest BCUT2D eigenvalue weighted by atomic mass is 16.2. The molecule has 0 unspecified atom stereocenters. The highest BCUT2D eigenvalue weighted by Crippen LogP contribution is 2.35. The smallest absolute Gasteiger partial charge is 0.226 e. The molecular formula is C12H19N3O. The fraction of sp³-hybridized carbons (Fsp3) is 0.667. The van der Waals surface area contributed by atoms with Gasteiger partial charge in [-0.15, -0.1) is 0 Å². The number of carbonyl (C=O) groups excluding carboxylic acids is 1. The molecule has 0 aliphatic heterocycles. The van der Waals surface area contributed by atoms with Crippen LogP contribution in [-0.2, 0) is 11.3 Å². The predicted molar refractivity (Wildman–Crippen MR) is 61.6 cm³/mol. The van der Waals surface area contributed by atoms with E-state index in [9.17, 15) is 4.79 Å². The minimum Gasteiger partial charge on any atom is -0.351 e. The van der Waals surface area contributed by atoms with Gasteiger partial charge < -0.3 is 5.32 Å². The summed E-state index contributed by atoms with van der Waals surface area (Å²) in [6.45, 7) is 2.65. The van der Waals surface area contributed by atoms with Crippen molar-refractivity contribution >= 4 is 5.91 Å². The molecule has 2 N–H and O–H groups in total. The average Bonchev–Trinajstić information content (AvgIpc) is 2.79. The first-order valence-electron chi connectivity index (χ1n) is 5.97. The first kappa shape index (κ1) is 11.2. The fourth-order valence-corrected chi connectivity index (χ4v) is 2.33. The third kappa shape index (κ3) is 2.43. The van der Waals surface area contributed by atoms with Crippen LogP contribution in [0.3, 0.4) is 0 Å². The SMILES string of the molecule is CC1(C(=O)NCc2cn[nH]c2)CCCCC1. The van der Waals surface area contributed by atoms with Crippen molar-refractivity contribution in [2.75, 3.05) is 0 Å². The minimum atomic E-state index is -0.151. The minimum absolute atomic E-state index is 0.151. The van der Waals surface area contributed by atoms with Gasteiger partial charge in [0.05, 0.1) is 6.20 Å². The van der Waals surface area contributed by atoms with Crippen molar-refractivity contribution in [2.45, 2.75) is 45.6 Å². The normalized spacial score (nSPS) is 19.3. The van der Waals surface area contributed by atoms with Crippen molar-refractivity contribution in [3.63, 3.8) is 0 Å². The second-order valence-corrected chi connectivity index (χ2v) is 4.91. The fourth-order valence-electron chi connectivity index (χ4n) is 2.33. The van der Waals surface area contributed by atoms with Gasteiger partial charge in [0.15, 0.2) is 0 Å². The van der Waals surface area contributed by atoms with Gasteiger partial charge in [0.1, 0.15) is 0 Å². The summed E-state index contributed by atoms with van der Waals surface area (Å²) in [6.07, 6.45) is 9.21. The Morgan fingerprint density at radius 1 is 1.50 bits per heavy atom. The maximum Gasteiger partial charge on any atom is 0.226 e. The van der Waals surface area contributed by atoms with E-state index in [2.05, 4.69) is 22.4 Å².